The molecule has 0 radical (unpaired) electrons. The van der Waals surface area contributed by atoms with Crippen LogP contribution in [0.3, 0.4) is 0 Å². The lowest BCUT2D eigenvalue weighted by atomic mass is 10.0. The van der Waals surface area contributed by atoms with E-state index in [4.69, 9.17) is 19.7 Å². The van der Waals surface area contributed by atoms with E-state index >= 15 is 0 Å². The highest BCUT2D eigenvalue weighted by atomic mass is 16.7. The van der Waals surface area contributed by atoms with Crippen molar-refractivity contribution in [1.82, 2.24) is 0 Å². The van der Waals surface area contributed by atoms with E-state index in [-0.39, 0.29) is 17.7 Å². The summed E-state index contributed by atoms with van der Waals surface area (Å²) in [6, 6.07) is 5.83. The summed E-state index contributed by atoms with van der Waals surface area (Å²) >= 11 is 0. The zero-order valence-corrected chi connectivity index (χ0v) is 10.5. The molecule has 4 atom stereocenters. The fourth-order valence-corrected chi connectivity index (χ4v) is 2.00. The van der Waals surface area contributed by atoms with Gasteiger partial charge in [0, 0.05) is 6.42 Å². The monoisotopic (exact) mass is 284 g/mol. The zero-order chi connectivity index (χ0) is 14.7. The van der Waals surface area contributed by atoms with E-state index in [1.54, 1.807) is 6.07 Å². The van der Waals surface area contributed by atoms with Gasteiger partial charge in [-0.3, -0.25) is 0 Å². The average molecular weight is 284 g/mol. The van der Waals surface area contributed by atoms with Gasteiger partial charge in [-0.1, -0.05) is 6.07 Å². The van der Waals surface area contributed by atoms with Gasteiger partial charge in [0.25, 0.3) is 0 Å². The SMILES string of the molecule is O=C(O)c1cccc(OC2CC(O)C(O)C(CO)O2)c1. The molecule has 7 nitrogen and oxygen atoms in total. The molecule has 1 heterocycles. The second-order valence-electron chi connectivity index (χ2n) is 4.53. The summed E-state index contributed by atoms with van der Waals surface area (Å²) < 4.78 is 10.7. The van der Waals surface area contributed by atoms with Gasteiger partial charge in [0.05, 0.1) is 18.3 Å². The number of aliphatic hydroxyl groups is 3. The zero-order valence-electron chi connectivity index (χ0n) is 10.5. The number of carboxylic acids is 1. The normalized spacial score (nSPS) is 29.9. The van der Waals surface area contributed by atoms with Crippen molar-refractivity contribution in [2.45, 2.75) is 31.0 Å². The van der Waals surface area contributed by atoms with Gasteiger partial charge in [0.15, 0.2) is 0 Å². The summed E-state index contributed by atoms with van der Waals surface area (Å²) in [5.74, 6) is -0.807. The van der Waals surface area contributed by atoms with E-state index in [1.165, 1.54) is 18.2 Å². The number of carbonyl (C=O) groups is 1. The Morgan fingerprint density at radius 2 is 2.15 bits per heavy atom. The predicted octanol–water partition coefficient (Wildman–Crippen LogP) is -0.407. The third-order valence-corrected chi connectivity index (χ3v) is 3.06. The minimum absolute atomic E-state index is 0.0228. The van der Waals surface area contributed by atoms with E-state index in [9.17, 15) is 15.0 Å². The van der Waals surface area contributed by atoms with Crippen LogP contribution in [0.2, 0.25) is 0 Å². The fraction of sp³-hybridized carbons (Fsp3) is 0.462. The molecule has 4 N–H and O–H groups in total. The molecule has 1 aliphatic heterocycles. The first-order valence-electron chi connectivity index (χ1n) is 6.13. The van der Waals surface area contributed by atoms with Gasteiger partial charge in [-0.05, 0) is 18.2 Å². The quantitative estimate of drug-likeness (QED) is 0.594. The van der Waals surface area contributed by atoms with Gasteiger partial charge >= 0.3 is 5.97 Å². The summed E-state index contributed by atoms with van der Waals surface area (Å²) in [6.45, 7) is -0.451. The average Bonchev–Trinajstić information content (AvgIpc) is 2.43. The Bertz CT molecular complexity index is 476. The van der Waals surface area contributed by atoms with Crippen LogP contribution < -0.4 is 4.74 Å². The smallest absolute Gasteiger partial charge is 0.335 e. The van der Waals surface area contributed by atoms with Gasteiger partial charge in [-0.15, -0.1) is 0 Å². The number of benzene rings is 1. The summed E-state index contributed by atoms with van der Waals surface area (Å²) in [5, 5.41) is 37.2. The Hall–Kier alpha value is -1.67. The molecule has 1 fully saturated rings. The van der Waals surface area contributed by atoms with Crippen molar-refractivity contribution in [2.75, 3.05) is 6.61 Å². The van der Waals surface area contributed by atoms with Gasteiger partial charge in [-0.2, -0.15) is 0 Å². The molecule has 1 saturated heterocycles. The second kappa shape index (κ2) is 6.19. The van der Waals surface area contributed by atoms with E-state index in [1.807, 2.05) is 0 Å². The van der Waals surface area contributed by atoms with Crippen LogP contribution in [0.4, 0.5) is 0 Å². The Labute approximate surface area is 115 Å². The van der Waals surface area contributed by atoms with Crippen molar-refractivity contribution in [1.29, 1.82) is 0 Å². The molecule has 0 amide bonds. The lowest BCUT2D eigenvalue weighted by molar-refractivity contribution is -0.229. The van der Waals surface area contributed by atoms with Crippen LogP contribution >= 0.6 is 0 Å². The summed E-state index contributed by atoms with van der Waals surface area (Å²) in [4.78, 5) is 10.8. The number of carboxylic acid groups (broad SMARTS) is 1. The first-order valence-corrected chi connectivity index (χ1v) is 6.13. The van der Waals surface area contributed by atoms with Crippen LogP contribution in [-0.4, -0.2) is 57.6 Å². The largest absolute Gasteiger partial charge is 0.478 e. The third-order valence-electron chi connectivity index (χ3n) is 3.06. The Kier molecular flexibility index (Phi) is 4.56. The molecule has 4 unspecified atom stereocenters. The number of aliphatic hydroxyl groups excluding tert-OH is 3. The lowest BCUT2D eigenvalue weighted by Gasteiger charge is -2.36. The van der Waals surface area contributed by atoms with Crippen LogP contribution in [0, 0.1) is 0 Å². The van der Waals surface area contributed by atoms with Gasteiger partial charge in [0.2, 0.25) is 6.29 Å². The van der Waals surface area contributed by atoms with Crippen LogP contribution in [0.25, 0.3) is 0 Å². The highest BCUT2D eigenvalue weighted by Crippen LogP contribution is 2.24. The number of hydrogen-bond donors (Lipinski definition) is 4. The van der Waals surface area contributed by atoms with Gasteiger partial charge in [-0.25, -0.2) is 4.79 Å². The molecule has 0 bridgehead atoms. The van der Waals surface area contributed by atoms with E-state index in [2.05, 4.69) is 0 Å². The molecule has 2 rings (SSSR count). The van der Waals surface area contributed by atoms with Crippen molar-refractivity contribution < 1.29 is 34.7 Å². The standard InChI is InChI=1S/C13H16O7/c14-6-10-12(16)9(15)5-11(20-10)19-8-3-1-2-7(4-8)13(17)18/h1-4,9-12,14-16H,5-6H2,(H,17,18). The van der Waals surface area contributed by atoms with Crippen LogP contribution in [0.5, 0.6) is 5.75 Å². The fourth-order valence-electron chi connectivity index (χ4n) is 2.00. The first kappa shape index (κ1) is 14.7. The number of hydrogen-bond acceptors (Lipinski definition) is 6. The highest BCUT2D eigenvalue weighted by molar-refractivity contribution is 5.87. The molecule has 0 spiro atoms. The molecular weight excluding hydrogens is 268 g/mol. The molecule has 7 heteroatoms. The first-order chi connectivity index (χ1) is 9.51. The van der Waals surface area contributed by atoms with Crippen LogP contribution in [-0.2, 0) is 4.74 Å². The molecule has 1 aromatic rings. The van der Waals surface area contributed by atoms with Crippen molar-refractivity contribution in [3.63, 3.8) is 0 Å². The third kappa shape index (κ3) is 3.26. The summed E-state index contributed by atoms with van der Waals surface area (Å²) in [5.41, 5.74) is 0.0672. The predicted molar refractivity (Wildman–Crippen MR) is 66.4 cm³/mol. The minimum Gasteiger partial charge on any atom is -0.478 e. The van der Waals surface area contributed by atoms with E-state index in [0.717, 1.165) is 0 Å². The molecule has 0 aromatic heterocycles. The van der Waals surface area contributed by atoms with E-state index < -0.39 is 37.2 Å². The highest BCUT2D eigenvalue weighted by Gasteiger charge is 2.37. The lowest BCUT2D eigenvalue weighted by Crippen LogP contribution is -2.51. The Morgan fingerprint density at radius 3 is 2.80 bits per heavy atom. The van der Waals surface area contributed by atoms with E-state index in [0.29, 0.717) is 0 Å². The number of ether oxygens (including phenoxy) is 2. The topological polar surface area (TPSA) is 116 Å². The van der Waals surface area contributed by atoms with Gasteiger partial charge < -0.3 is 29.9 Å². The molecule has 1 aliphatic rings. The minimum atomic E-state index is -1.18. The van der Waals surface area contributed by atoms with Crippen molar-refractivity contribution in [3.05, 3.63) is 29.8 Å². The Morgan fingerprint density at radius 1 is 1.40 bits per heavy atom. The molecule has 0 saturated carbocycles. The maximum atomic E-state index is 10.8. The maximum absolute atomic E-state index is 10.8. The number of aromatic carboxylic acids is 1. The molecule has 20 heavy (non-hydrogen) atoms. The molecule has 1 aromatic carbocycles. The second-order valence-corrected chi connectivity index (χ2v) is 4.53. The summed E-state index contributed by atoms with van der Waals surface area (Å²) in [6.07, 6.45) is -4.03. The molecular formula is C13H16O7. The van der Waals surface area contributed by atoms with Crippen LogP contribution in [0.1, 0.15) is 16.8 Å². The van der Waals surface area contributed by atoms with Crippen molar-refractivity contribution in [3.8, 4) is 5.75 Å². The summed E-state index contributed by atoms with van der Waals surface area (Å²) in [7, 11) is 0. The Balaban J connectivity index is 2.06. The molecule has 0 aliphatic carbocycles. The van der Waals surface area contributed by atoms with Crippen molar-refractivity contribution in [2.24, 2.45) is 0 Å². The number of rotatable bonds is 4. The van der Waals surface area contributed by atoms with Crippen LogP contribution in [0.15, 0.2) is 24.3 Å². The maximum Gasteiger partial charge on any atom is 0.335 e. The van der Waals surface area contributed by atoms with Crippen molar-refractivity contribution >= 4 is 5.97 Å². The van der Waals surface area contributed by atoms with Gasteiger partial charge in [0.1, 0.15) is 18.0 Å². The molecule has 110 valence electrons.